The lowest BCUT2D eigenvalue weighted by Crippen LogP contribution is -2.44. The van der Waals surface area contributed by atoms with Gasteiger partial charge in [-0.05, 0) is 43.0 Å². The molecule has 0 aromatic heterocycles. The first-order valence-electron chi connectivity index (χ1n) is 9.61. The van der Waals surface area contributed by atoms with E-state index in [-0.39, 0.29) is 24.4 Å². The van der Waals surface area contributed by atoms with Gasteiger partial charge >= 0.3 is 5.97 Å². The SMILES string of the molecule is CC(C)C(NC(=O)CN1CCCC1C(=O)O)c1ccc2c(c1)OCCCO2. The molecule has 7 heteroatoms. The Hall–Kier alpha value is -2.28. The minimum absolute atomic E-state index is 0.102. The Morgan fingerprint density at radius 1 is 1.22 bits per heavy atom. The molecule has 7 nitrogen and oxygen atoms in total. The molecule has 3 rings (SSSR count). The van der Waals surface area contributed by atoms with Crippen molar-refractivity contribution < 1.29 is 24.2 Å². The third kappa shape index (κ3) is 4.71. The lowest BCUT2D eigenvalue weighted by Gasteiger charge is -2.26. The van der Waals surface area contributed by atoms with Crippen LogP contribution in [0.1, 0.15) is 44.7 Å². The van der Waals surface area contributed by atoms with E-state index in [1.165, 1.54) is 0 Å². The zero-order valence-corrected chi connectivity index (χ0v) is 15.9. The second kappa shape index (κ2) is 8.61. The van der Waals surface area contributed by atoms with Crippen LogP contribution in [-0.4, -0.2) is 54.2 Å². The summed E-state index contributed by atoms with van der Waals surface area (Å²) >= 11 is 0. The number of carbonyl (C=O) groups is 2. The van der Waals surface area contributed by atoms with Crippen LogP contribution in [0.5, 0.6) is 11.5 Å². The van der Waals surface area contributed by atoms with Crippen LogP contribution in [0.4, 0.5) is 0 Å². The highest BCUT2D eigenvalue weighted by atomic mass is 16.5. The van der Waals surface area contributed by atoms with Crippen molar-refractivity contribution in [1.82, 2.24) is 10.2 Å². The smallest absolute Gasteiger partial charge is 0.320 e. The molecule has 1 saturated heterocycles. The molecule has 2 aliphatic heterocycles. The van der Waals surface area contributed by atoms with Gasteiger partial charge in [0.2, 0.25) is 5.91 Å². The van der Waals surface area contributed by atoms with E-state index in [4.69, 9.17) is 9.47 Å². The molecule has 0 aliphatic carbocycles. The fraction of sp³-hybridized carbons (Fsp3) is 0.600. The minimum Gasteiger partial charge on any atom is -0.490 e. The average molecular weight is 376 g/mol. The normalized spacial score (nSPS) is 20.9. The zero-order valence-electron chi connectivity index (χ0n) is 15.9. The van der Waals surface area contributed by atoms with E-state index < -0.39 is 12.0 Å². The molecular weight excluding hydrogens is 348 g/mol. The fourth-order valence-electron chi connectivity index (χ4n) is 3.71. The number of aliphatic carboxylic acids is 1. The molecule has 148 valence electrons. The third-order valence-electron chi connectivity index (χ3n) is 5.11. The molecule has 1 amide bonds. The van der Waals surface area contributed by atoms with Crippen molar-refractivity contribution in [2.24, 2.45) is 5.92 Å². The number of carboxylic acids is 1. The van der Waals surface area contributed by atoms with Crippen molar-refractivity contribution >= 4 is 11.9 Å². The molecule has 2 unspecified atom stereocenters. The van der Waals surface area contributed by atoms with Crippen molar-refractivity contribution in [1.29, 1.82) is 0 Å². The van der Waals surface area contributed by atoms with E-state index in [0.29, 0.717) is 31.9 Å². The number of rotatable bonds is 6. The Morgan fingerprint density at radius 2 is 1.96 bits per heavy atom. The number of nitrogens with zero attached hydrogens (tertiary/aromatic N) is 1. The predicted molar refractivity (Wildman–Crippen MR) is 100 cm³/mol. The van der Waals surface area contributed by atoms with E-state index in [9.17, 15) is 14.7 Å². The Labute approximate surface area is 159 Å². The Bertz CT molecular complexity index is 691. The van der Waals surface area contributed by atoms with Gasteiger partial charge in [-0.25, -0.2) is 0 Å². The van der Waals surface area contributed by atoms with E-state index in [2.05, 4.69) is 5.32 Å². The Kier molecular flexibility index (Phi) is 6.21. The molecule has 2 atom stereocenters. The van der Waals surface area contributed by atoms with E-state index >= 15 is 0 Å². The maximum Gasteiger partial charge on any atom is 0.320 e. The molecule has 0 radical (unpaired) electrons. The highest BCUT2D eigenvalue weighted by Crippen LogP contribution is 2.34. The van der Waals surface area contributed by atoms with Crippen LogP contribution in [-0.2, 0) is 9.59 Å². The number of ether oxygens (including phenoxy) is 2. The molecule has 0 bridgehead atoms. The van der Waals surface area contributed by atoms with Crippen LogP contribution >= 0.6 is 0 Å². The van der Waals surface area contributed by atoms with Crippen molar-refractivity contribution in [2.75, 3.05) is 26.3 Å². The number of likely N-dealkylation sites (tertiary alicyclic amines) is 1. The third-order valence-corrected chi connectivity index (χ3v) is 5.11. The second-order valence-electron chi connectivity index (χ2n) is 7.51. The molecular formula is C20H28N2O5. The topological polar surface area (TPSA) is 88.1 Å². The summed E-state index contributed by atoms with van der Waals surface area (Å²) in [5, 5.41) is 12.4. The van der Waals surface area contributed by atoms with Gasteiger partial charge in [0.15, 0.2) is 11.5 Å². The number of hydrogen-bond donors (Lipinski definition) is 2. The largest absolute Gasteiger partial charge is 0.490 e. The summed E-state index contributed by atoms with van der Waals surface area (Å²) in [5.41, 5.74) is 0.957. The van der Waals surface area contributed by atoms with Crippen molar-refractivity contribution in [3.05, 3.63) is 23.8 Å². The Balaban J connectivity index is 1.69. The highest BCUT2D eigenvalue weighted by Gasteiger charge is 2.32. The molecule has 27 heavy (non-hydrogen) atoms. The molecule has 2 heterocycles. The zero-order chi connectivity index (χ0) is 19.4. The number of carbonyl (C=O) groups excluding carboxylic acids is 1. The number of carboxylic acid groups (broad SMARTS) is 1. The van der Waals surface area contributed by atoms with Gasteiger partial charge in [0.05, 0.1) is 25.8 Å². The van der Waals surface area contributed by atoms with Crippen LogP contribution in [0.2, 0.25) is 0 Å². The molecule has 1 aromatic carbocycles. The van der Waals surface area contributed by atoms with E-state index in [1.54, 1.807) is 4.90 Å². The van der Waals surface area contributed by atoms with Crippen LogP contribution in [0.3, 0.4) is 0 Å². The van der Waals surface area contributed by atoms with Gasteiger partial charge in [0, 0.05) is 6.42 Å². The van der Waals surface area contributed by atoms with Gasteiger partial charge < -0.3 is 19.9 Å². The van der Waals surface area contributed by atoms with Gasteiger partial charge in [0.1, 0.15) is 6.04 Å². The standard InChI is InChI=1S/C20H28N2O5/c1-13(2)19(14-6-7-16-17(11-14)27-10-4-9-26-16)21-18(23)12-22-8-3-5-15(22)20(24)25/h6-7,11,13,15,19H,3-5,8-10,12H2,1-2H3,(H,21,23)(H,24,25). The second-order valence-corrected chi connectivity index (χ2v) is 7.51. The quantitative estimate of drug-likeness (QED) is 0.791. The lowest BCUT2D eigenvalue weighted by atomic mass is 9.95. The summed E-state index contributed by atoms with van der Waals surface area (Å²) in [6.07, 6.45) is 2.24. The van der Waals surface area contributed by atoms with Crippen LogP contribution in [0.15, 0.2) is 18.2 Å². The van der Waals surface area contributed by atoms with Gasteiger partial charge in [-0.1, -0.05) is 19.9 Å². The van der Waals surface area contributed by atoms with Crippen LogP contribution in [0, 0.1) is 5.92 Å². The number of benzene rings is 1. The maximum absolute atomic E-state index is 12.6. The summed E-state index contributed by atoms with van der Waals surface area (Å²) in [7, 11) is 0. The summed E-state index contributed by atoms with van der Waals surface area (Å²) in [6, 6.07) is 5.03. The van der Waals surface area contributed by atoms with Gasteiger partial charge in [-0.3, -0.25) is 14.5 Å². The van der Waals surface area contributed by atoms with E-state index in [1.807, 2.05) is 32.0 Å². The van der Waals surface area contributed by atoms with Gasteiger partial charge in [-0.15, -0.1) is 0 Å². The van der Waals surface area contributed by atoms with Crippen LogP contribution < -0.4 is 14.8 Å². The predicted octanol–water partition coefficient (Wildman–Crippen LogP) is 2.21. The fourth-order valence-corrected chi connectivity index (χ4v) is 3.71. The summed E-state index contributed by atoms with van der Waals surface area (Å²) in [4.78, 5) is 25.6. The number of amides is 1. The molecule has 2 aliphatic rings. The maximum atomic E-state index is 12.6. The molecule has 2 N–H and O–H groups in total. The lowest BCUT2D eigenvalue weighted by molar-refractivity contribution is -0.142. The summed E-state index contributed by atoms with van der Waals surface area (Å²) in [5.74, 6) is 0.590. The number of fused-ring (bicyclic) bond motifs is 1. The highest BCUT2D eigenvalue weighted by molar-refractivity contribution is 5.80. The van der Waals surface area contributed by atoms with Gasteiger partial charge in [-0.2, -0.15) is 0 Å². The molecule has 1 fully saturated rings. The average Bonchev–Trinajstić information content (AvgIpc) is 2.95. The number of nitrogens with one attached hydrogen (secondary N) is 1. The first-order chi connectivity index (χ1) is 13.0. The first-order valence-corrected chi connectivity index (χ1v) is 9.61. The molecule has 1 aromatic rings. The first kappa shape index (κ1) is 19.5. The van der Waals surface area contributed by atoms with Crippen LogP contribution in [0.25, 0.3) is 0 Å². The number of hydrogen-bond acceptors (Lipinski definition) is 5. The summed E-state index contributed by atoms with van der Waals surface area (Å²) < 4.78 is 11.4. The van der Waals surface area contributed by atoms with Crippen molar-refractivity contribution in [3.8, 4) is 11.5 Å². The Morgan fingerprint density at radius 3 is 2.67 bits per heavy atom. The van der Waals surface area contributed by atoms with Crippen molar-refractivity contribution in [3.63, 3.8) is 0 Å². The van der Waals surface area contributed by atoms with E-state index in [0.717, 1.165) is 24.2 Å². The summed E-state index contributed by atoms with van der Waals surface area (Å²) in [6.45, 7) is 6.08. The molecule has 0 saturated carbocycles. The molecule has 0 spiro atoms. The van der Waals surface area contributed by atoms with Gasteiger partial charge in [0.25, 0.3) is 0 Å². The van der Waals surface area contributed by atoms with Crippen molar-refractivity contribution in [2.45, 2.75) is 45.2 Å². The monoisotopic (exact) mass is 376 g/mol. The minimum atomic E-state index is -0.858.